The standard InChI is InChI=1S/C11H16ClN3/c1-11(4-5-13-8-11)15-7-9-2-3-10(12)14-6-9/h2-3,6,13,15H,4-5,7-8H2,1H3. The molecule has 1 fully saturated rings. The number of nitrogens with zero attached hydrogens (tertiary/aromatic N) is 1. The van der Waals surface area contributed by atoms with Crippen molar-refractivity contribution in [3.8, 4) is 0 Å². The molecule has 0 amide bonds. The van der Waals surface area contributed by atoms with Crippen LogP contribution in [0.3, 0.4) is 0 Å². The van der Waals surface area contributed by atoms with Gasteiger partial charge in [-0.2, -0.15) is 0 Å². The molecule has 2 N–H and O–H groups in total. The number of hydrogen-bond acceptors (Lipinski definition) is 3. The lowest BCUT2D eigenvalue weighted by molar-refractivity contribution is 0.385. The van der Waals surface area contributed by atoms with Crippen LogP contribution in [0.1, 0.15) is 18.9 Å². The minimum Gasteiger partial charge on any atom is -0.315 e. The van der Waals surface area contributed by atoms with Crippen LogP contribution in [0.5, 0.6) is 0 Å². The summed E-state index contributed by atoms with van der Waals surface area (Å²) in [5.41, 5.74) is 1.40. The summed E-state index contributed by atoms with van der Waals surface area (Å²) in [5, 5.41) is 7.46. The molecule has 0 bridgehead atoms. The van der Waals surface area contributed by atoms with Crippen molar-refractivity contribution in [2.45, 2.75) is 25.4 Å². The van der Waals surface area contributed by atoms with Gasteiger partial charge in [-0.1, -0.05) is 17.7 Å². The fourth-order valence-corrected chi connectivity index (χ4v) is 1.91. The molecule has 0 aliphatic carbocycles. The third-order valence-electron chi connectivity index (χ3n) is 2.88. The third-order valence-corrected chi connectivity index (χ3v) is 3.10. The van der Waals surface area contributed by atoms with Crippen LogP contribution in [0.25, 0.3) is 0 Å². The molecular formula is C11H16ClN3. The van der Waals surface area contributed by atoms with E-state index in [1.54, 1.807) is 0 Å². The van der Waals surface area contributed by atoms with Gasteiger partial charge < -0.3 is 10.6 Å². The maximum absolute atomic E-state index is 5.72. The highest BCUT2D eigenvalue weighted by Crippen LogP contribution is 2.14. The molecule has 15 heavy (non-hydrogen) atoms. The van der Waals surface area contributed by atoms with E-state index in [4.69, 9.17) is 11.6 Å². The Hall–Kier alpha value is -0.640. The topological polar surface area (TPSA) is 37.0 Å². The van der Waals surface area contributed by atoms with E-state index in [1.165, 1.54) is 12.0 Å². The van der Waals surface area contributed by atoms with Gasteiger partial charge in [0.15, 0.2) is 0 Å². The van der Waals surface area contributed by atoms with Crippen molar-refractivity contribution in [3.63, 3.8) is 0 Å². The summed E-state index contributed by atoms with van der Waals surface area (Å²) >= 11 is 5.72. The molecule has 1 unspecified atom stereocenters. The van der Waals surface area contributed by atoms with Crippen LogP contribution >= 0.6 is 11.6 Å². The number of rotatable bonds is 3. The first-order valence-electron chi connectivity index (χ1n) is 5.24. The lowest BCUT2D eigenvalue weighted by Gasteiger charge is -2.24. The van der Waals surface area contributed by atoms with Gasteiger partial charge in [-0.15, -0.1) is 0 Å². The quantitative estimate of drug-likeness (QED) is 0.767. The van der Waals surface area contributed by atoms with Gasteiger partial charge >= 0.3 is 0 Å². The SMILES string of the molecule is CC1(NCc2ccc(Cl)nc2)CCNC1. The number of halogens is 1. The van der Waals surface area contributed by atoms with Gasteiger partial charge in [0.05, 0.1) is 0 Å². The Balaban J connectivity index is 1.90. The number of nitrogens with one attached hydrogen (secondary N) is 2. The summed E-state index contributed by atoms with van der Waals surface area (Å²) in [7, 11) is 0. The van der Waals surface area contributed by atoms with E-state index in [0.717, 1.165) is 19.6 Å². The van der Waals surface area contributed by atoms with Crippen LogP contribution in [-0.2, 0) is 6.54 Å². The molecule has 0 spiro atoms. The van der Waals surface area contributed by atoms with Gasteiger partial charge in [0.25, 0.3) is 0 Å². The van der Waals surface area contributed by atoms with Crippen LogP contribution in [-0.4, -0.2) is 23.6 Å². The minimum atomic E-state index is 0.222. The fraction of sp³-hybridized carbons (Fsp3) is 0.545. The predicted molar refractivity (Wildman–Crippen MR) is 62.0 cm³/mol. The van der Waals surface area contributed by atoms with Gasteiger partial charge in [0.1, 0.15) is 5.15 Å². The molecule has 2 heterocycles. The molecule has 1 saturated heterocycles. The molecule has 1 aliphatic heterocycles. The molecule has 1 aromatic rings. The average molecular weight is 226 g/mol. The number of aromatic nitrogens is 1. The van der Waals surface area contributed by atoms with E-state index < -0.39 is 0 Å². The summed E-state index contributed by atoms with van der Waals surface area (Å²) in [6.07, 6.45) is 3.00. The fourth-order valence-electron chi connectivity index (χ4n) is 1.79. The molecule has 1 aliphatic rings. The zero-order valence-corrected chi connectivity index (χ0v) is 9.64. The second-order valence-electron chi connectivity index (χ2n) is 4.33. The molecule has 1 aromatic heterocycles. The first-order chi connectivity index (χ1) is 7.18. The van der Waals surface area contributed by atoms with E-state index in [0.29, 0.717) is 5.15 Å². The molecule has 3 nitrogen and oxygen atoms in total. The van der Waals surface area contributed by atoms with Crippen molar-refractivity contribution in [2.24, 2.45) is 0 Å². The maximum Gasteiger partial charge on any atom is 0.129 e. The van der Waals surface area contributed by atoms with Gasteiger partial charge in [0, 0.05) is 24.8 Å². The van der Waals surface area contributed by atoms with Crippen molar-refractivity contribution in [3.05, 3.63) is 29.0 Å². The van der Waals surface area contributed by atoms with E-state index >= 15 is 0 Å². The number of hydrogen-bond donors (Lipinski definition) is 2. The molecule has 82 valence electrons. The lowest BCUT2D eigenvalue weighted by atomic mass is 10.0. The highest BCUT2D eigenvalue weighted by atomic mass is 35.5. The van der Waals surface area contributed by atoms with Crippen LogP contribution in [0, 0.1) is 0 Å². The highest BCUT2D eigenvalue weighted by Gasteiger charge is 2.27. The van der Waals surface area contributed by atoms with E-state index in [9.17, 15) is 0 Å². The Morgan fingerprint density at radius 1 is 1.60 bits per heavy atom. The second kappa shape index (κ2) is 4.47. The van der Waals surface area contributed by atoms with Crippen molar-refractivity contribution in [1.29, 1.82) is 0 Å². The second-order valence-corrected chi connectivity index (χ2v) is 4.72. The van der Waals surface area contributed by atoms with E-state index in [-0.39, 0.29) is 5.54 Å². The minimum absolute atomic E-state index is 0.222. The molecule has 0 radical (unpaired) electrons. The van der Waals surface area contributed by atoms with Crippen LogP contribution < -0.4 is 10.6 Å². The first kappa shape index (κ1) is 10.9. The summed E-state index contributed by atoms with van der Waals surface area (Å²) in [4.78, 5) is 4.06. The largest absolute Gasteiger partial charge is 0.315 e. The number of pyridine rings is 1. The van der Waals surface area contributed by atoms with Gasteiger partial charge in [-0.3, -0.25) is 0 Å². The zero-order valence-electron chi connectivity index (χ0n) is 8.89. The van der Waals surface area contributed by atoms with Gasteiger partial charge in [0.2, 0.25) is 0 Å². The summed E-state index contributed by atoms with van der Waals surface area (Å²) in [5.74, 6) is 0. The average Bonchev–Trinajstić information content (AvgIpc) is 2.65. The third kappa shape index (κ3) is 2.91. The van der Waals surface area contributed by atoms with Crippen LogP contribution in [0.15, 0.2) is 18.3 Å². The molecule has 0 saturated carbocycles. The Morgan fingerprint density at radius 2 is 2.47 bits per heavy atom. The van der Waals surface area contributed by atoms with Crippen molar-refractivity contribution < 1.29 is 0 Å². The molecular weight excluding hydrogens is 210 g/mol. The Bertz CT molecular complexity index is 317. The smallest absolute Gasteiger partial charge is 0.129 e. The van der Waals surface area contributed by atoms with Crippen molar-refractivity contribution >= 4 is 11.6 Å². The van der Waals surface area contributed by atoms with E-state index in [1.807, 2.05) is 18.3 Å². The lowest BCUT2D eigenvalue weighted by Crippen LogP contribution is -2.43. The summed E-state index contributed by atoms with van der Waals surface area (Å²) in [6.45, 7) is 5.23. The Morgan fingerprint density at radius 3 is 3.07 bits per heavy atom. The monoisotopic (exact) mass is 225 g/mol. The summed E-state index contributed by atoms with van der Waals surface area (Å²) < 4.78 is 0. The molecule has 1 atom stereocenters. The highest BCUT2D eigenvalue weighted by molar-refractivity contribution is 6.29. The van der Waals surface area contributed by atoms with Crippen molar-refractivity contribution in [1.82, 2.24) is 15.6 Å². The van der Waals surface area contributed by atoms with Crippen LogP contribution in [0.2, 0.25) is 5.15 Å². The normalized spacial score (nSPS) is 25.7. The van der Waals surface area contributed by atoms with E-state index in [2.05, 4.69) is 22.5 Å². The summed E-state index contributed by atoms with van der Waals surface area (Å²) in [6, 6.07) is 3.84. The molecule has 4 heteroatoms. The van der Waals surface area contributed by atoms with Gasteiger partial charge in [-0.05, 0) is 31.5 Å². The molecule has 2 rings (SSSR count). The van der Waals surface area contributed by atoms with Gasteiger partial charge in [-0.25, -0.2) is 4.98 Å². The maximum atomic E-state index is 5.72. The molecule has 0 aromatic carbocycles. The first-order valence-corrected chi connectivity index (χ1v) is 5.62. The van der Waals surface area contributed by atoms with Crippen LogP contribution in [0.4, 0.5) is 0 Å². The Kier molecular flexibility index (Phi) is 3.24. The van der Waals surface area contributed by atoms with Crippen molar-refractivity contribution in [2.75, 3.05) is 13.1 Å². The predicted octanol–water partition coefficient (Wildman–Crippen LogP) is 1.58. The Labute approximate surface area is 95.2 Å². The zero-order chi connectivity index (χ0) is 10.7.